The molecule has 0 radical (unpaired) electrons. The Morgan fingerprint density at radius 1 is 1.22 bits per heavy atom. The van der Waals surface area contributed by atoms with E-state index in [0.717, 1.165) is 0 Å². The summed E-state index contributed by atoms with van der Waals surface area (Å²) in [7, 11) is 0. The van der Waals surface area contributed by atoms with Crippen molar-refractivity contribution < 1.29 is 13.7 Å². The lowest BCUT2D eigenvalue weighted by Gasteiger charge is -2.06. The Balaban J connectivity index is 1.51. The molecule has 0 bridgehead atoms. The molecule has 3 aromatic heterocycles. The number of aromatic nitrogens is 5. The second kappa shape index (κ2) is 6.94. The van der Waals surface area contributed by atoms with Crippen molar-refractivity contribution in [2.45, 2.75) is 19.9 Å². The smallest absolute Gasteiger partial charge is 0.259 e. The van der Waals surface area contributed by atoms with Crippen LogP contribution in [-0.2, 0) is 17.8 Å². The van der Waals surface area contributed by atoms with Crippen molar-refractivity contribution in [3.63, 3.8) is 0 Å². The van der Waals surface area contributed by atoms with Gasteiger partial charge in [0.25, 0.3) is 5.89 Å². The average Bonchev–Trinajstić information content (AvgIpc) is 3.27. The molecule has 0 aliphatic rings. The summed E-state index contributed by atoms with van der Waals surface area (Å²) in [4.78, 5) is 16.4. The quantitative estimate of drug-likeness (QED) is 0.581. The largest absolute Gasteiger partial charge is 0.352 e. The lowest BCUT2D eigenvalue weighted by molar-refractivity contribution is -0.120. The van der Waals surface area contributed by atoms with Gasteiger partial charge in [0.15, 0.2) is 11.5 Å². The Morgan fingerprint density at radius 2 is 2.07 bits per heavy atom. The topological polar surface area (TPSA) is 98.2 Å². The molecule has 0 saturated carbocycles. The number of halogens is 1. The van der Waals surface area contributed by atoms with E-state index in [4.69, 9.17) is 4.52 Å². The van der Waals surface area contributed by atoms with Crippen molar-refractivity contribution in [3.05, 3.63) is 65.6 Å². The van der Waals surface area contributed by atoms with Crippen molar-refractivity contribution in [3.8, 4) is 11.5 Å². The third-order valence-corrected chi connectivity index (χ3v) is 4.00. The zero-order chi connectivity index (χ0) is 18.8. The fourth-order valence-corrected chi connectivity index (χ4v) is 2.64. The van der Waals surface area contributed by atoms with Gasteiger partial charge in [-0.3, -0.25) is 9.20 Å². The zero-order valence-corrected chi connectivity index (χ0v) is 14.4. The Kier molecular flexibility index (Phi) is 4.33. The van der Waals surface area contributed by atoms with Crippen LogP contribution in [0.5, 0.6) is 0 Å². The fourth-order valence-electron chi connectivity index (χ4n) is 2.64. The number of rotatable bonds is 5. The third-order valence-electron chi connectivity index (χ3n) is 4.00. The van der Waals surface area contributed by atoms with Gasteiger partial charge in [0, 0.05) is 18.3 Å². The van der Waals surface area contributed by atoms with E-state index in [9.17, 15) is 9.18 Å². The number of pyridine rings is 1. The van der Waals surface area contributed by atoms with E-state index < -0.39 is 0 Å². The number of aryl methyl sites for hydroxylation is 1. The second-order valence-electron chi connectivity index (χ2n) is 5.95. The maximum atomic E-state index is 13.6. The minimum atomic E-state index is -0.356. The summed E-state index contributed by atoms with van der Waals surface area (Å²) < 4.78 is 20.5. The summed E-state index contributed by atoms with van der Waals surface area (Å²) in [6.45, 7) is 1.84. The monoisotopic (exact) mass is 366 g/mol. The molecule has 136 valence electrons. The van der Waals surface area contributed by atoms with Gasteiger partial charge >= 0.3 is 0 Å². The number of carbonyl (C=O) groups excluding carboxylic acids is 1. The van der Waals surface area contributed by atoms with Crippen molar-refractivity contribution >= 4 is 11.6 Å². The number of nitrogens with zero attached hydrogens (tertiary/aromatic N) is 5. The first kappa shape index (κ1) is 16.8. The molecule has 1 aromatic carbocycles. The molecule has 0 spiro atoms. The normalized spacial score (nSPS) is 11.0. The van der Waals surface area contributed by atoms with Crippen molar-refractivity contribution in [2.75, 3.05) is 0 Å². The Hall–Kier alpha value is -3.62. The van der Waals surface area contributed by atoms with Crippen LogP contribution in [0.1, 0.15) is 17.2 Å². The standard InChI is InChI=1S/C18H15FN6O2/c1-11-21-18(27-24-11)13-6-7-15-22-23-16(25(15)10-13)8-17(26)20-9-12-4-2-3-5-14(12)19/h2-7,10H,8-9H2,1H3,(H,20,26). The highest BCUT2D eigenvalue weighted by molar-refractivity contribution is 5.78. The molecule has 1 N–H and O–H groups in total. The molecule has 1 amide bonds. The van der Waals surface area contributed by atoms with Gasteiger partial charge in [-0.05, 0) is 25.1 Å². The van der Waals surface area contributed by atoms with Crippen LogP contribution in [0, 0.1) is 12.7 Å². The number of nitrogens with one attached hydrogen (secondary N) is 1. The van der Waals surface area contributed by atoms with Crippen molar-refractivity contribution in [2.24, 2.45) is 0 Å². The third kappa shape index (κ3) is 3.52. The number of benzene rings is 1. The Bertz CT molecular complexity index is 1120. The molecule has 4 rings (SSSR count). The number of fused-ring (bicyclic) bond motifs is 1. The van der Waals surface area contributed by atoms with E-state index in [1.54, 1.807) is 47.9 Å². The first-order chi connectivity index (χ1) is 13.1. The first-order valence-corrected chi connectivity index (χ1v) is 8.24. The first-order valence-electron chi connectivity index (χ1n) is 8.24. The summed E-state index contributed by atoms with van der Waals surface area (Å²) in [5.74, 6) is 0.714. The summed E-state index contributed by atoms with van der Waals surface area (Å²) in [5, 5.41) is 14.6. The van der Waals surface area contributed by atoms with Gasteiger partial charge in [0.1, 0.15) is 11.6 Å². The molecule has 4 aromatic rings. The van der Waals surface area contributed by atoms with Gasteiger partial charge in [0.05, 0.1) is 12.0 Å². The minimum absolute atomic E-state index is 0.00192. The van der Waals surface area contributed by atoms with Gasteiger partial charge < -0.3 is 9.84 Å². The number of amides is 1. The molecule has 0 fully saturated rings. The average molecular weight is 366 g/mol. The van der Waals surface area contributed by atoms with Gasteiger partial charge in [-0.15, -0.1) is 10.2 Å². The van der Waals surface area contributed by atoms with Crippen LogP contribution in [-0.4, -0.2) is 30.6 Å². The lowest BCUT2D eigenvalue weighted by atomic mass is 10.2. The van der Waals surface area contributed by atoms with Crippen molar-refractivity contribution in [1.29, 1.82) is 0 Å². The Morgan fingerprint density at radius 3 is 2.85 bits per heavy atom. The van der Waals surface area contributed by atoms with E-state index in [1.165, 1.54) is 6.07 Å². The van der Waals surface area contributed by atoms with Gasteiger partial charge in [-0.2, -0.15) is 4.98 Å². The SMILES string of the molecule is Cc1noc(-c2ccc3nnc(CC(=O)NCc4ccccc4F)n3c2)n1. The van der Waals surface area contributed by atoms with Crippen LogP contribution >= 0.6 is 0 Å². The molecule has 0 saturated heterocycles. The molecule has 0 atom stereocenters. The molecular formula is C18H15FN6O2. The molecule has 0 unspecified atom stereocenters. The predicted octanol–water partition coefficient (Wildman–Crippen LogP) is 2.09. The molecule has 3 heterocycles. The van der Waals surface area contributed by atoms with E-state index in [1.807, 2.05) is 0 Å². The molecule has 0 aliphatic carbocycles. The summed E-state index contributed by atoms with van der Waals surface area (Å²) in [6.07, 6.45) is 1.74. The van der Waals surface area contributed by atoms with E-state index in [-0.39, 0.29) is 24.7 Å². The highest BCUT2D eigenvalue weighted by atomic mass is 19.1. The maximum absolute atomic E-state index is 13.6. The number of hydrogen-bond acceptors (Lipinski definition) is 6. The van der Waals surface area contributed by atoms with Crippen LogP contribution in [0.2, 0.25) is 0 Å². The highest BCUT2D eigenvalue weighted by Gasteiger charge is 2.14. The summed E-state index contributed by atoms with van der Waals surface area (Å²) >= 11 is 0. The summed E-state index contributed by atoms with van der Waals surface area (Å²) in [6, 6.07) is 9.85. The van der Waals surface area contributed by atoms with Crippen LogP contribution in [0.15, 0.2) is 47.1 Å². The van der Waals surface area contributed by atoms with E-state index in [0.29, 0.717) is 34.3 Å². The number of hydrogen-bond donors (Lipinski definition) is 1. The predicted molar refractivity (Wildman–Crippen MR) is 93.0 cm³/mol. The second-order valence-corrected chi connectivity index (χ2v) is 5.95. The minimum Gasteiger partial charge on any atom is -0.352 e. The molecule has 27 heavy (non-hydrogen) atoms. The molecule has 8 nitrogen and oxygen atoms in total. The zero-order valence-electron chi connectivity index (χ0n) is 14.4. The van der Waals surface area contributed by atoms with Gasteiger partial charge in [-0.25, -0.2) is 4.39 Å². The molecule has 0 aliphatic heterocycles. The maximum Gasteiger partial charge on any atom is 0.259 e. The van der Waals surface area contributed by atoms with Gasteiger partial charge in [0.2, 0.25) is 5.91 Å². The molecular weight excluding hydrogens is 351 g/mol. The van der Waals surface area contributed by atoms with E-state index in [2.05, 4.69) is 25.7 Å². The lowest BCUT2D eigenvalue weighted by Crippen LogP contribution is -2.25. The molecule has 9 heteroatoms. The highest BCUT2D eigenvalue weighted by Crippen LogP contribution is 2.18. The van der Waals surface area contributed by atoms with Crippen LogP contribution in [0.4, 0.5) is 4.39 Å². The fraction of sp³-hybridized carbons (Fsp3) is 0.167. The van der Waals surface area contributed by atoms with Crippen LogP contribution in [0.25, 0.3) is 17.1 Å². The van der Waals surface area contributed by atoms with Crippen LogP contribution in [0.3, 0.4) is 0 Å². The summed E-state index contributed by atoms with van der Waals surface area (Å²) in [5.41, 5.74) is 1.70. The van der Waals surface area contributed by atoms with Crippen LogP contribution < -0.4 is 5.32 Å². The Labute approximate surface area is 153 Å². The van der Waals surface area contributed by atoms with Gasteiger partial charge in [-0.1, -0.05) is 23.4 Å². The van der Waals surface area contributed by atoms with E-state index >= 15 is 0 Å². The number of carbonyl (C=O) groups is 1. The van der Waals surface area contributed by atoms with Crippen molar-refractivity contribution in [1.82, 2.24) is 30.1 Å².